The van der Waals surface area contributed by atoms with Crippen LogP contribution in [0.5, 0.6) is 0 Å². The molecule has 0 saturated carbocycles. The largest absolute Gasteiger partial charge is 0.416 e. The molecule has 2 aliphatic rings. The Hall–Kier alpha value is -3.35. The molecule has 2 fully saturated rings. The van der Waals surface area contributed by atoms with Crippen molar-refractivity contribution in [1.82, 2.24) is 25.2 Å². The van der Waals surface area contributed by atoms with E-state index >= 15 is 0 Å². The lowest BCUT2D eigenvalue weighted by Crippen LogP contribution is -2.57. The molecular formula is C22H25F5N8. The van der Waals surface area contributed by atoms with E-state index in [2.05, 4.69) is 30.5 Å². The fourth-order valence-electron chi connectivity index (χ4n) is 4.02. The van der Waals surface area contributed by atoms with Gasteiger partial charge in [-0.05, 0) is 37.4 Å². The van der Waals surface area contributed by atoms with Gasteiger partial charge in [-0.1, -0.05) is 0 Å². The molecule has 0 spiro atoms. The molecule has 3 N–H and O–H groups in total. The third-order valence-electron chi connectivity index (χ3n) is 5.74. The molecule has 0 aromatic carbocycles. The van der Waals surface area contributed by atoms with Crippen LogP contribution in [0.25, 0.3) is 0 Å². The van der Waals surface area contributed by atoms with E-state index in [0.717, 1.165) is 31.3 Å². The Bertz CT molecular complexity index is 1100. The third-order valence-corrected chi connectivity index (χ3v) is 5.74. The highest BCUT2D eigenvalue weighted by molar-refractivity contribution is 5.93. The van der Waals surface area contributed by atoms with Crippen LogP contribution in [0.4, 0.5) is 39.5 Å². The number of aromatic nitrogens is 3. The molecule has 0 amide bonds. The minimum Gasteiger partial charge on any atom is -0.394 e. The lowest BCUT2D eigenvalue weighted by atomic mass is 10.0. The van der Waals surface area contributed by atoms with Gasteiger partial charge in [-0.15, -0.1) is 0 Å². The Labute approximate surface area is 198 Å². The highest BCUT2D eigenvalue weighted by atomic mass is 19.4. The van der Waals surface area contributed by atoms with E-state index in [1.165, 1.54) is 4.90 Å². The maximum Gasteiger partial charge on any atom is 0.416 e. The third kappa shape index (κ3) is 6.21. The zero-order valence-electron chi connectivity index (χ0n) is 18.9. The van der Waals surface area contributed by atoms with Crippen LogP contribution in [0, 0.1) is 5.41 Å². The average Bonchev–Trinajstić information content (AvgIpc) is 3.24. The van der Waals surface area contributed by atoms with Crippen LogP contribution in [0.2, 0.25) is 0 Å². The van der Waals surface area contributed by atoms with Crippen LogP contribution in [0.3, 0.4) is 0 Å². The molecule has 1 atom stereocenters. The van der Waals surface area contributed by atoms with Gasteiger partial charge in [-0.3, -0.25) is 4.90 Å². The highest BCUT2D eigenvalue weighted by Crippen LogP contribution is 2.34. The average molecular weight is 496 g/mol. The van der Waals surface area contributed by atoms with Gasteiger partial charge in [0.05, 0.1) is 24.3 Å². The SMILES string of the molecule is CN/C=C\C(=N)CN1CCC(c2cc(Nc3cc(C(F)(F)F)ccn3)nc(N3CC(F)(F)C3)n2)C1. The molecule has 13 heteroatoms. The van der Waals surface area contributed by atoms with E-state index < -0.39 is 30.8 Å². The zero-order chi connectivity index (χ0) is 25.2. The van der Waals surface area contributed by atoms with Crippen molar-refractivity contribution in [2.75, 3.05) is 50.0 Å². The van der Waals surface area contributed by atoms with E-state index in [-0.39, 0.29) is 23.5 Å². The predicted molar refractivity (Wildman–Crippen MR) is 121 cm³/mol. The highest BCUT2D eigenvalue weighted by Gasteiger charge is 2.45. The number of nitrogens with one attached hydrogen (secondary N) is 3. The molecule has 0 radical (unpaired) electrons. The fraction of sp³-hybridized carbons (Fsp3) is 0.455. The smallest absolute Gasteiger partial charge is 0.394 e. The number of rotatable bonds is 8. The summed E-state index contributed by atoms with van der Waals surface area (Å²) in [6.45, 7) is 0.723. The van der Waals surface area contributed by atoms with Crippen LogP contribution in [0.15, 0.2) is 36.7 Å². The molecule has 0 aliphatic carbocycles. The quantitative estimate of drug-likeness (QED) is 0.380. The van der Waals surface area contributed by atoms with Gasteiger partial charge in [-0.2, -0.15) is 18.2 Å². The summed E-state index contributed by atoms with van der Waals surface area (Å²) in [5, 5.41) is 13.7. The van der Waals surface area contributed by atoms with Gasteiger partial charge >= 0.3 is 6.18 Å². The summed E-state index contributed by atoms with van der Waals surface area (Å²) >= 11 is 0. The number of halogens is 5. The second kappa shape index (κ2) is 9.72. The minimum absolute atomic E-state index is 0.0466. The van der Waals surface area contributed by atoms with Gasteiger partial charge in [0.2, 0.25) is 5.95 Å². The van der Waals surface area contributed by atoms with E-state index in [1.807, 2.05) is 0 Å². The molecule has 2 aliphatic heterocycles. The summed E-state index contributed by atoms with van der Waals surface area (Å²) in [7, 11) is 1.75. The van der Waals surface area contributed by atoms with Gasteiger partial charge in [-0.25, -0.2) is 18.7 Å². The Morgan fingerprint density at radius 2 is 2.00 bits per heavy atom. The number of anilines is 3. The Kier molecular flexibility index (Phi) is 6.88. The van der Waals surface area contributed by atoms with Gasteiger partial charge in [0.15, 0.2) is 0 Å². The Balaban J connectivity index is 1.55. The standard InChI is InChI=1S/C22H25F5N8/c1-29-5-3-16(28)11-34-7-4-14(10-34)17-9-19(33-20(31-17)35-12-21(23,24)13-35)32-18-8-15(2-6-30-18)22(25,26)27/h2-3,5-6,8-9,14,28-29H,4,7,10-13H2,1H3,(H,30,31,32,33)/b5-3-,28-16?. The maximum atomic E-state index is 13.5. The van der Waals surface area contributed by atoms with Crippen molar-refractivity contribution in [3.05, 3.63) is 47.9 Å². The van der Waals surface area contributed by atoms with Gasteiger partial charge in [0.25, 0.3) is 5.92 Å². The first kappa shape index (κ1) is 24.8. The first-order valence-electron chi connectivity index (χ1n) is 11.0. The molecule has 4 rings (SSSR count). The van der Waals surface area contributed by atoms with E-state index in [1.54, 1.807) is 25.4 Å². The molecule has 2 saturated heterocycles. The summed E-state index contributed by atoms with van der Waals surface area (Å²) in [4.78, 5) is 16.1. The number of hydrogen-bond acceptors (Lipinski definition) is 8. The van der Waals surface area contributed by atoms with Crippen LogP contribution in [-0.4, -0.2) is 71.3 Å². The fourth-order valence-corrected chi connectivity index (χ4v) is 4.02. The van der Waals surface area contributed by atoms with Crippen molar-refractivity contribution in [1.29, 1.82) is 5.41 Å². The monoisotopic (exact) mass is 496 g/mol. The van der Waals surface area contributed by atoms with Gasteiger partial charge in [0.1, 0.15) is 11.6 Å². The van der Waals surface area contributed by atoms with Crippen molar-refractivity contribution >= 4 is 23.3 Å². The molecule has 2 aromatic rings. The van der Waals surface area contributed by atoms with Crippen molar-refractivity contribution < 1.29 is 22.0 Å². The summed E-state index contributed by atoms with van der Waals surface area (Å²) in [6, 6.07) is 3.34. The maximum absolute atomic E-state index is 13.5. The summed E-state index contributed by atoms with van der Waals surface area (Å²) in [5.41, 5.74) is 0.164. The predicted octanol–water partition coefficient (Wildman–Crippen LogP) is 3.63. The molecule has 35 heavy (non-hydrogen) atoms. The van der Waals surface area contributed by atoms with Crippen LogP contribution >= 0.6 is 0 Å². The summed E-state index contributed by atoms with van der Waals surface area (Å²) in [5.74, 6) is -2.68. The van der Waals surface area contributed by atoms with Crippen LogP contribution < -0.4 is 15.5 Å². The molecule has 2 aromatic heterocycles. The number of hydrogen-bond donors (Lipinski definition) is 3. The normalized spacial score (nSPS) is 20.2. The van der Waals surface area contributed by atoms with Crippen molar-refractivity contribution in [3.8, 4) is 0 Å². The zero-order valence-corrected chi connectivity index (χ0v) is 18.9. The molecule has 8 nitrogen and oxygen atoms in total. The number of nitrogens with zero attached hydrogens (tertiary/aromatic N) is 5. The van der Waals surface area contributed by atoms with Gasteiger partial charge in [0, 0.05) is 44.0 Å². The topological polar surface area (TPSA) is 93.1 Å². The minimum atomic E-state index is -4.53. The van der Waals surface area contributed by atoms with E-state index in [9.17, 15) is 22.0 Å². The van der Waals surface area contributed by atoms with Gasteiger partial charge < -0.3 is 20.9 Å². The van der Waals surface area contributed by atoms with Crippen LogP contribution in [0.1, 0.15) is 23.6 Å². The second-order valence-corrected chi connectivity index (χ2v) is 8.61. The number of likely N-dealkylation sites (tertiary alicyclic amines) is 1. The number of alkyl halides is 5. The first-order valence-corrected chi connectivity index (χ1v) is 11.0. The summed E-state index contributed by atoms with van der Waals surface area (Å²) in [6.07, 6.45) is 0.584. The van der Waals surface area contributed by atoms with E-state index in [0.29, 0.717) is 24.5 Å². The Morgan fingerprint density at radius 3 is 2.69 bits per heavy atom. The second-order valence-electron chi connectivity index (χ2n) is 8.61. The lowest BCUT2D eigenvalue weighted by Gasteiger charge is -2.38. The van der Waals surface area contributed by atoms with Crippen molar-refractivity contribution in [3.63, 3.8) is 0 Å². The molecule has 188 valence electrons. The molecule has 0 bridgehead atoms. The van der Waals surface area contributed by atoms with Crippen molar-refractivity contribution in [2.24, 2.45) is 0 Å². The van der Waals surface area contributed by atoms with E-state index in [4.69, 9.17) is 5.41 Å². The number of pyridine rings is 1. The first-order chi connectivity index (χ1) is 16.5. The van der Waals surface area contributed by atoms with Crippen LogP contribution in [-0.2, 0) is 6.18 Å². The lowest BCUT2D eigenvalue weighted by molar-refractivity contribution is -0.137. The summed E-state index contributed by atoms with van der Waals surface area (Å²) < 4.78 is 66.2. The molecule has 4 heterocycles. The van der Waals surface area contributed by atoms with Crippen molar-refractivity contribution in [2.45, 2.75) is 24.4 Å². The molecule has 1 unspecified atom stereocenters. The molecular weight excluding hydrogens is 471 g/mol. The Morgan fingerprint density at radius 1 is 1.23 bits per heavy atom.